The smallest absolute Gasteiger partial charge is 0.303 e. The van der Waals surface area contributed by atoms with Crippen LogP contribution >= 0.6 is 0 Å². The van der Waals surface area contributed by atoms with Crippen LogP contribution in [0.2, 0.25) is 0 Å². The van der Waals surface area contributed by atoms with Crippen LogP contribution in [0.25, 0.3) is 0 Å². The quantitative estimate of drug-likeness (QED) is 0.645. The van der Waals surface area contributed by atoms with Crippen LogP contribution in [-0.4, -0.2) is 23.0 Å². The first-order chi connectivity index (χ1) is 5.59. The summed E-state index contributed by atoms with van der Waals surface area (Å²) in [5.41, 5.74) is 0. The van der Waals surface area contributed by atoms with Gasteiger partial charge in [-0.1, -0.05) is 6.92 Å². The number of carbonyl (C=O) groups excluding carboxylic acids is 1. The molecule has 1 aliphatic heterocycles. The average Bonchev–Trinajstić information content (AvgIpc) is 2.34. The van der Waals surface area contributed by atoms with Crippen molar-refractivity contribution in [3.05, 3.63) is 0 Å². The van der Waals surface area contributed by atoms with Crippen molar-refractivity contribution in [1.29, 1.82) is 0 Å². The van der Waals surface area contributed by atoms with Gasteiger partial charge in [0, 0.05) is 18.9 Å². The van der Waals surface area contributed by atoms with E-state index in [1.54, 1.807) is 0 Å². The SMILES string of the molecule is CC(CC(=O)O)C1CCC(=O)N1. The third kappa shape index (κ3) is 2.22. The Hall–Kier alpha value is -1.06. The fourth-order valence-corrected chi connectivity index (χ4v) is 1.48. The molecule has 0 spiro atoms. The topological polar surface area (TPSA) is 66.4 Å². The molecule has 0 radical (unpaired) electrons. The van der Waals surface area contributed by atoms with Gasteiger partial charge in [-0.2, -0.15) is 0 Å². The second-order valence-corrected chi connectivity index (χ2v) is 3.29. The zero-order valence-electron chi connectivity index (χ0n) is 7.04. The highest BCUT2D eigenvalue weighted by Crippen LogP contribution is 2.17. The molecule has 1 saturated heterocycles. The van der Waals surface area contributed by atoms with Gasteiger partial charge in [-0.3, -0.25) is 9.59 Å². The number of carbonyl (C=O) groups is 2. The minimum Gasteiger partial charge on any atom is -0.481 e. The lowest BCUT2D eigenvalue weighted by molar-refractivity contribution is -0.138. The molecule has 2 N–H and O–H groups in total. The summed E-state index contributed by atoms with van der Waals surface area (Å²) in [6.45, 7) is 1.85. The van der Waals surface area contributed by atoms with E-state index in [1.807, 2.05) is 6.92 Å². The third-order valence-corrected chi connectivity index (χ3v) is 2.21. The Bertz CT molecular complexity index is 202. The van der Waals surface area contributed by atoms with Crippen LogP contribution in [0.15, 0.2) is 0 Å². The highest BCUT2D eigenvalue weighted by Gasteiger charge is 2.26. The minimum absolute atomic E-state index is 0.0361. The molecule has 1 fully saturated rings. The summed E-state index contributed by atoms with van der Waals surface area (Å²) in [5, 5.41) is 11.3. The normalized spacial score (nSPS) is 25.1. The Balaban J connectivity index is 2.37. The van der Waals surface area contributed by atoms with E-state index in [9.17, 15) is 9.59 Å². The highest BCUT2D eigenvalue weighted by molar-refractivity contribution is 5.78. The number of nitrogens with one attached hydrogen (secondary N) is 1. The van der Waals surface area contributed by atoms with Crippen LogP contribution in [0.5, 0.6) is 0 Å². The molecule has 1 aliphatic rings. The molecule has 0 saturated carbocycles. The van der Waals surface area contributed by atoms with Crippen molar-refractivity contribution in [2.45, 2.75) is 32.2 Å². The zero-order valence-corrected chi connectivity index (χ0v) is 7.04. The first kappa shape index (κ1) is 9.03. The van der Waals surface area contributed by atoms with E-state index in [1.165, 1.54) is 0 Å². The maximum absolute atomic E-state index is 10.8. The summed E-state index contributed by atoms with van der Waals surface area (Å²) in [6, 6.07) is 0.0635. The Morgan fingerprint density at radius 1 is 1.83 bits per heavy atom. The summed E-state index contributed by atoms with van der Waals surface area (Å²) in [4.78, 5) is 21.1. The summed E-state index contributed by atoms with van der Waals surface area (Å²) in [6.07, 6.45) is 1.44. The lowest BCUT2D eigenvalue weighted by Gasteiger charge is -2.16. The maximum atomic E-state index is 10.8. The molecular formula is C8H13NO3. The Kier molecular flexibility index (Phi) is 2.68. The van der Waals surface area contributed by atoms with Gasteiger partial charge in [0.05, 0.1) is 0 Å². The standard InChI is InChI=1S/C8H13NO3/c1-5(4-8(11)12)6-2-3-7(10)9-6/h5-6H,2-4H2,1H3,(H,9,10)(H,11,12). The molecular weight excluding hydrogens is 158 g/mol. The molecule has 1 heterocycles. The summed E-state index contributed by atoms with van der Waals surface area (Å²) < 4.78 is 0. The predicted molar refractivity (Wildman–Crippen MR) is 42.6 cm³/mol. The molecule has 0 aromatic carbocycles. The van der Waals surface area contributed by atoms with Gasteiger partial charge in [-0.25, -0.2) is 0 Å². The van der Waals surface area contributed by atoms with Gasteiger partial charge in [0.2, 0.25) is 5.91 Å². The Labute approximate surface area is 71.0 Å². The summed E-state index contributed by atoms with van der Waals surface area (Å²) in [7, 11) is 0. The maximum Gasteiger partial charge on any atom is 0.303 e. The van der Waals surface area contributed by atoms with E-state index in [4.69, 9.17) is 5.11 Å². The molecule has 0 aromatic heterocycles. The van der Waals surface area contributed by atoms with Gasteiger partial charge in [-0.15, -0.1) is 0 Å². The van der Waals surface area contributed by atoms with Crippen molar-refractivity contribution >= 4 is 11.9 Å². The number of rotatable bonds is 3. The number of hydrogen-bond donors (Lipinski definition) is 2. The lowest BCUT2D eigenvalue weighted by atomic mass is 9.97. The fraction of sp³-hybridized carbons (Fsp3) is 0.750. The first-order valence-corrected chi connectivity index (χ1v) is 4.10. The number of amides is 1. The number of aliphatic carboxylic acids is 1. The van der Waals surface area contributed by atoms with Crippen LogP contribution in [0.4, 0.5) is 0 Å². The molecule has 2 unspecified atom stereocenters. The fourth-order valence-electron chi connectivity index (χ4n) is 1.48. The van der Waals surface area contributed by atoms with E-state index in [2.05, 4.69) is 5.32 Å². The van der Waals surface area contributed by atoms with Crippen LogP contribution in [0.1, 0.15) is 26.2 Å². The van der Waals surface area contributed by atoms with Crippen LogP contribution in [0, 0.1) is 5.92 Å². The molecule has 1 rings (SSSR count). The summed E-state index contributed by atoms with van der Waals surface area (Å²) >= 11 is 0. The van der Waals surface area contributed by atoms with E-state index < -0.39 is 5.97 Å². The number of carboxylic acids is 1. The van der Waals surface area contributed by atoms with Crippen molar-refractivity contribution in [3.8, 4) is 0 Å². The number of hydrogen-bond acceptors (Lipinski definition) is 2. The molecule has 0 aromatic rings. The number of carboxylic acid groups (broad SMARTS) is 1. The van der Waals surface area contributed by atoms with Crippen molar-refractivity contribution in [2.75, 3.05) is 0 Å². The average molecular weight is 171 g/mol. The third-order valence-electron chi connectivity index (χ3n) is 2.21. The van der Waals surface area contributed by atoms with Gasteiger partial charge in [0.15, 0.2) is 0 Å². The van der Waals surface area contributed by atoms with Gasteiger partial charge in [0.25, 0.3) is 0 Å². The highest BCUT2D eigenvalue weighted by atomic mass is 16.4. The summed E-state index contributed by atoms with van der Waals surface area (Å²) in [5.74, 6) is -0.727. The van der Waals surface area contributed by atoms with Crippen molar-refractivity contribution in [1.82, 2.24) is 5.32 Å². The molecule has 1 amide bonds. The van der Waals surface area contributed by atoms with Gasteiger partial charge >= 0.3 is 5.97 Å². The van der Waals surface area contributed by atoms with Crippen LogP contribution in [-0.2, 0) is 9.59 Å². The van der Waals surface area contributed by atoms with Crippen LogP contribution in [0.3, 0.4) is 0 Å². The monoisotopic (exact) mass is 171 g/mol. The zero-order chi connectivity index (χ0) is 9.14. The molecule has 2 atom stereocenters. The van der Waals surface area contributed by atoms with E-state index in [0.29, 0.717) is 6.42 Å². The molecule has 4 nitrogen and oxygen atoms in total. The molecule has 0 bridgehead atoms. The van der Waals surface area contributed by atoms with Crippen molar-refractivity contribution in [2.24, 2.45) is 5.92 Å². The van der Waals surface area contributed by atoms with E-state index >= 15 is 0 Å². The lowest BCUT2D eigenvalue weighted by Crippen LogP contribution is -2.32. The molecule has 68 valence electrons. The first-order valence-electron chi connectivity index (χ1n) is 4.10. The second kappa shape index (κ2) is 3.56. The van der Waals surface area contributed by atoms with Gasteiger partial charge in [-0.05, 0) is 12.3 Å². The Morgan fingerprint density at radius 3 is 2.92 bits per heavy atom. The second-order valence-electron chi connectivity index (χ2n) is 3.29. The molecule has 0 aliphatic carbocycles. The predicted octanol–water partition coefficient (Wildman–Crippen LogP) is 0.376. The van der Waals surface area contributed by atoms with E-state index in [-0.39, 0.29) is 24.3 Å². The van der Waals surface area contributed by atoms with E-state index in [0.717, 1.165) is 6.42 Å². The molecule has 12 heavy (non-hydrogen) atoms. The largest absolute Gasteiger partial charge is 0.481 e. The minimum atomic E-state index is -0.802. The molecule has 4 heteroatoms. The van der Waals surface area contributed by atoms with Crippen molar-refractivity contribution in [3.63, 3.8) is 0 Å². The van der Waals surface area contributed by atoms with Gasteiger partial charge in [0.1, 0.15) is 0 Å². The van der Waals surface area contributed by atoms with Crippen LogP contribution < -0.4 is 5.32 Å². The van der Waals surface area contributed by atoms with Gasteiger partial charge < -0.3 is 10.4 Å². The Morgan fingerprint density at radius 2 is 2.50 bits per heavy atom. The van der Waals surface area contributed by atoms with Crippen molar-refractivity contribution < 1.29 is 14.7 Å².